The molecule has 0 aliphatic rings. The Hall–Kier alpha value is -7.32. The fourth-order valence-corrected chi connectivity index (χ4v) is 8.74. The number of hydrogen-bond acceptors (Lipinski definition) is 20. The highest BCUT2D eigenvalue weighted by atomic mass is 32.2. The largest absolute Gasteiger partial charge is 0.507 e. The second-order valence-electron chi connectivity index (χ2n) is 13.3. The number of phenols is 3. The van der Waals surface area contributed by atoms with E-state index in [-0.39, 0.29) is 34.3 Å². The van der Waals surface area contributed by atoms with Crippen LogP contribution in [0.3, 0.4) is 0 Å². The van der Waals surface area contributed by atoms with Crippen LogP contribution in [0.1, 0.15) is 22.8 Å². The maximum absolute atomic E-state index is 12.7. The minimum atomic E-state index is -5.38. The Labute approximate surface area is 364 Å². The molecule has 0 saturated heterocycles. The molecular formula is C35H28N8O18S4. The van der Waals surface area contributed by atoms with Crippen molar-refractivity contribution in [2.24, 2.45) is 36.4 Å². The Morgan fingerprint density at radius 1 is 0.615 bits per heavy atom. The highest BCUT2D eigenvalue weighted by Crippen LogP contribution is 2.47. The first-order chi connectivity index (χ1) is 30.0. The van der Waals surface area contributed by atoms with E-state index >= 15 is 0 Å². The van der Waals surface area contributed by atoms with E-state index in [2.05, 4.69) is 30.7 Å². The van der Waals surface area contributed by atoms with Crippen LogP contribution in [-0.2, 0) is 47.0 Å². The molecule has 0 saturated carbocycles. The highest BCUT2D eigenvalue weighted by molar-refractivity contribution is 7.86. The Bertz CT molecular complexity index is 3710. The summed E-state index contributed by atoms with van der Waals surface area (Å²) in [6, 6.07) is 8.43. The molecule has 1 aromatic heterocycles. The summed E-state index contributed by atoms with van der Waals surface area (Å²) in [5.74, 6) is -4.98. The maximum Gasteiger partial charge on any atom is 0.296 e. The molecule has 0 fully saturated rings. The molecule has 30 heteroatoms. The van der Waals surface area contributed by atoms with Gasteiger partial charge < -0.3 is 26.2 Å². The number of primary amides is 1. The quantitative estimate of drug-likeness (QED) is 0.0529. The van der Waals surface area contributed by atoms with E-state index in [0.717, 1.165) is 28.8 Å². The van der Waals surface area contributed by atoms with Gasteiger partial charge in [-0.25, -0.2) is 0 Å². The molecular weight excluding hydrogens is 949 g/mol. The summed E-state index contributed by atoms with van der Waals surface area (Å²) >= 11 is 0. The SMILES string of the molecule is CCn1c(O)c(N=Nc2ccc3cc(S(=O)(=O)O)c(N=Nc4ccc(N=Nc5c(S(=O)(=O)O)cc6cc(S(=O)(=O)O)cc(O)c6c5O)c(S(=O)(=O)O)c4)c(O)c3c2)c(C)c(C(N)=O)c1=O. The first kappa shape index (κ1) is 47.2. The lowest BCUT2D eigenvalue weighted by Crippen LogP contribution is -2.30. The monoisotopic (exact) mass is 976 g/mol. The average molecular weight is 977 g/mol. The van der Waals surface area contributed by atoms with Gasteiger partial charge in [-0.15, -0.1) is 20.5 Å². The fourth-order valence-electron chi connectivity index (χ4n) is 6.25. The number of amides is 1. The normalized spacial score (nSPS) is 13.0. The first-order valence-corrected chi connectivity index (χ1v) is 23.2. The summed E-state index contributed by atoms with van der Waals surface area (Å²) in [5.41, 5.74) is 0.140. The lowest BCUT2D eigenvalue weighted by molar-refractivity contribution is 0.0997. The van der Waals surface area contributed by atoms with E-state index in [1.807, 2.05) is 0 Å². The third-order valence-electron chi connectivity index (χ3n) is 9.22. The first-order valence-electron chi connectivity index (χ1n) is 17.4. The second-order valence-corrected chi connectivity index (χ2v) is 18.9. The van der Waals surface area contributed by atoms with Crippen molar-refractivity contribution >= 4 is 102 Å². The van der Waals surface area contributed by atoms with Crippen LogP contribution in [0.2, 0.25) is 0 Å². The smallest absolute Gasteiger partial charge is 0.296 e. The number of rotatable bonds is 12. The van der Waals surface area contributed by atoms with E-state index in [1.165, 1.54) is 26.0 Å². The van der Waals surface area contributed by atoms with Crippen LogP contribution < -0.4 is 11.3 Å². The van der Waals surface area contributed by atoms with Crippen molar-refractivity contribution in [3.05, 3.63) is 82.1 Å². The standard InChI is InChI=1S/C35H28N8O18S4/c1-3-43-34(48)26(33(36)47)14(2)28(35(43)49)40-37-17-5-4-15-9-24(64(56,57)58)29(31(45)20(15)11-17)41-38-18-6-7-21(23(12-18)63(53,54)55)39-42-30-25(65(59,60)61)10-16-8-19(62(50,51)52)13-22(44)27(16)32(30)46/h4-13,44-46,49H,3H2,1-2H3,(H2,36,47)(H,50,51,52)(H,53,54,55)(H,56,57,58)(H,59,60,61). The molecule has 0 aliphatic carbocycles. The van der Waals surface area contributed by atoms with Crippen molar-refractivity contribution in [1.82, 2.24) is 4.57 Å². The summed E-state index contributed by atoms with van der Waals surface area (Å²) in [6.07, 6.45) is 0. The van der Waals surface area contributed by atoms with Gasteiger partial charge in [0.05, 0.1) is 21.7 Å². The Balaban J connectivity index is 1.44. The molecule has 0 aliphatic heterocycles. The van der Waals surface area contributed by atoms with E-state index in [0.29, 0.717) is 24.3 Å². The predicted octanol–water partition coefficient (Wildman–Crippen LogP) is 5.64. The van der Waals surface area contributed by atoms with Crippen molar-refractivity contribution in [3.8, 4) is 23.1 Å². The zero-order valence-corrected chi connectivity index (χ0v) is 35.7. The Morgan fingerprint density at radius 2 is 1.14 bits per heavy atom. The van der Waals surface area contributed by atoms with Crippen molar-refractivity contribution < 1.29 is 77.1 Å². The molecule has 0 spiro atoms. The van der Waals surface area contributed by atoms with Crippen LogP contribution in [-0.4, -0.2) is 82.8 Å². The number of benzene rings is 5. The summed E-state index contributed by atoms with van der Waals surface area (Å²) in [4.78, 5) is 20.3. The number of pyridine rings is 1. The molecule has 65 heavy (non-hydrogen) atoms. The molecule has 6 rings (SSSR count). The summed E-state index contributed by atoms with van der Waals surface area (Å²) in [6.45, 7) is 2.70. The number of hydrogen-bond donors (Lipinski definition) is 9. The molecule has 10 N–H and O–H groups in total. The van der Waals surface area contributed by atoms with Gasteiger partial charge in [0.15, 0.2) is 11.5 Å². The molecule has 1 amide bonds. The van der Waals surface area contributed by atoms with Crippen LogP contribution in [0.25, 0.3) is 21.5 Å². The van der Waals surface area contributed by atoms with E-state index < -0.39 is 134 Å². The number of nitrogens with two attached hydrogens (primary N) is 1. The molecule has 0 atom stereocenters. The summed E-state index contributed by atoms with van der Waals surface area (Å²) < 4.78 is 138. The van der Waals surface area contributed by atoms with Gasteiger partial charge >= 0.3 is 0 Å². The van der Waals surface area contributed by atoms with Crippen LogP contribution in [0.4, 0.5) is 34.1 Å². The molecule has 26 nitrogen and oxygen atoms in total. The topological polar surface area (TPSA) is 438 Å². The highest BCUT2D eigenvalue weighted by Gasteiger charge is 2.27. The van der Waals surface area contributed by atoms with Crippen LogP contribution in [0.5, 0.6) is 23.1 Å². The van der Waals surface area contributed by atoms with Crippen LogP contribution >= 0.6 is 0 Å². The van der Waals surface area contributed by atoms with Crippen molar-refractivity contribution in [1.29, 1.82) is 0 Å². The number of carbonyl (C=O) groups is 1. The number of phenolic OH excluding ortho intramolecular Hbond substituents is 3. The minimum Gasteiger partial charge on any atom is -0.507 e. The van der Waals surface area contributed by atoms with Gasteiger partial charge in [0.2, 0.25) is 5.88 Å². The third kappa shape index (κ3) is 9.21. The van der Waals surface area contributed by atoms with Crippen LogP contribution in [0.15, 0.2) is 116 Å². The van der Waals surface area contributed by atoms with Gasteiger partial charge in [-0.2, -0.15) is 43.9 Å². The second kappa shape index (κ2) is 16.7. The lowest BCUT2D eigenvalue weighted by atomic mass is 10.1. The molecule has 6 aromatic rings. The molecule has 5 aromatic carbocycles. The van der Waals surface area contributed by atoms with Crippen molar-refractivity contribution in [2.45, 2.75) is 40.0 Å². The Kier molecular flexibility index (Phi) is 12.1. The molecule has 340 valence electrons. The van der Waals surface area contributed by atoms with Crippen LogP contribution in [0, 0.1) is 6.92 Å². The third-order valence-corrected chi connectivity index (χ3v) is 12.7. The average Bonchev–Trinajstić information content (AvgIpc) is 3.18. The molecule has 1 heterocycles. The van der Waals surface area contributed by atoms with Crippen molar-refractivity contribution in [3.63, 3.8) is 0 Å². The Morgan fingerprint density at radius 3 is 1.69 bits per heavy atom. The van der Waals surface area contributed by atoms with Gasteiger partial charge in [-0.1, -0.05) is 6.07 Å². The van der Waals surface area contributed by atoms with Gasteiger partial charge in [0, 0.05) is 23.6 Å². The lowest BCUT2D eigenvalue weighted by Gasteiger charge is -2.12. The number of carbonyl (C=O) groups excluding carboxylic acids is 1. The molecule has 0 radical (unpaired) electrons. The number of aromatic hydroxyl groups is 4. The van der Waals surface area contributed by atoms with Gasteiger partial charge in [-0.3, -0.25) is 32.4 Å². The predicted molar refractivity (Wildman–Crippen MR) is 222 cm³/mol. The zero-order chi connectivity index (χ0) is 48.3. The summed E-state index contributed by atoms with van der Waals surface area (Å²) in [7, 11) is -20.9. The fraction of sp³-hybridized carbons (Fsp3) is 0.0857. The van der Waals surface area contributed by atoms with E-state index in [9.17, 15) is 81.9 Å². The summed E-state index contributed by atoms with van der Waals surface area (Å²) in [5, 5.41) is 64.2. The van der Waals surface area contributed by atoms with Gasteiger partial charge in [0.1, 0.15) is 48.7 Å². The zero-order valence-electron chi connectivity index (χ0n) is 32.5. The van der Waals surface area contributed by atoms with E-state index in [1.54, 1.807) is 0 Å². The maximum atomic E-state index is 12.7. The number of aromatic nitrogens is 1. The molecule has 0 unspecified atom stereocenters. The van der Waals surface area contributed by atoms with Crippen molar-refractivity contribution in [2.75, 3.05) is 0 Å². The minimum absolute atomic E-state index is 0.0290. The number of fused-ring (bicyclic) bond motifs is 2. The number of nitrogens with zero attached hydrogens (tertiary/aromatic N) is 7. The van der Waals surface area contributed by atoms with E-state index in [4.69, 9.17) is 5.73 Å². The van der Waals surface area contributed by atoms with Gasteiger partial charge in [-0.05, 0) is 73.2 Å². The molecule has 0 bridgehead atoms. The number of azo groups is 3. The van der Waals surface area contributed by atoms with Gasteiger partial charge in [0.25, 0.3) is 51.9 Å².